The van der Waals surface area contributed by atoms with Crippen LogP contribution in [0.4, 0.5) is 0 Å². The number of methoxy groups -OCH3 is 2. The molecule has 1 aliphatic rings. The van der Waals surface area contributed by atoms with E-state index in [2.05, 4.69) is 5.32 Å². The maximum absolute atomic E-state index is 12.2. The van der Waals surface area contributed by atoms with Crippen LogP contribution >= 0.6 is 0 Å². The van der Waals surface area contributed by atoms with Gasteiger partial charge in [-0.2, -0.15) is 0 Å². The molecule has 0 saturated heterocycles. The molecule has 6 heteroatoms. The SMILES string of the molecule is COc1ccc(C(=O)N[C@@H]2CC[C@H](C(=O)O)C2)cc1OC. The molecule has 21 heavy (non-hydrogen) atoms. The van der Waals surface area contributed by atoms with E-state index in [1.165, 1.54) is 14.2 Å². The molecule has 2 rings (SSSR count). The number of carbonyl (C=O) groups excluding carboxylic acids is 1. The fourth-order valence-corrected chi connectivity index (χ4v) is 2.58. The molecule has 1 saturated carbocycles. The van der Waals surface area contributed by atoms with E-state index < -0.39 is 5.97 Å². The fraction of sp³-hybridized carbons (Fsp3) is 0.467. The monoisotopic (exact) mass is 293 g/mol. The number of carboxylic acid groups (broad SMARTS) is 1. The number of carboxylic acids is 1. The summed E-state index contributed by atoms with van der Waals surface area (Å²) in [5.41, 5.74) is 0.464. The molecule has 0 spiro atoms. The van der Waals surface area contributed by atoms with Crippen molar-refractivity contribution in [1.29, 1.82) is 0 Å². The minimum absolute atomic E-state index is 0.0910. The standard InChI is InChI=1S/C15H19NO5/c1-20-12-6-4-9(8-13(12)21-2)14(17)16-11-5-3-10(7-11)15(18)19/h4,6,8,10-11H,3,5,7H2,1-2H3,(H,16,17)(H,18,19)/t10-,11+/m0/s1. The van der Waals surface area contributed by atoms with Crippen molar-refractivity contribution in [3.05, 3.63) is 23.8 Å². The smallest absolute Gasteiger partial charge is 0.306 e. The largest absolute Gasteiger partial charge is 0.493 e. The van der Waals surface area contributed by atoms with Crippen LogP contribution in [0.1, 0.15) is 29.6 Å². The van der Waals surface area contributed by atoms with E-state index in [9.17, 15) is 9.59 Å². The number of rotatable bonds is 5. The second kappa shape index (κ2) is 6.47. The Kier molecular flexibility index (Phi) is 4.67. The van der Waals surface area contributed by atoms with Crippen molar-refractivity contribution in [2.45, 2.75) is 25.3 Å². The lowest BCUT2D eigenvalue weighted by Crippen LogP contribution is -2.33. The van der Waals surface area contributed by atoms with Crippen LogP contribution < -0.4 is 14.8 Å². The number of benzene rings is 1. The summed E-state index contributed by atoms with van der Waals surface area (Å²) in [5.74, 6) is -0.341. The van der Waals surface area contributed by atoms with Gasteiger partial charge >= 0.3 is 5.97 Å². The van der Waals surface area contributed by atoms with Crippen LogP contribution in [0.3, 0.4) is 0 Å². The van der Waals surface area contributed by atoms with E-state index in [0.717, 1.165) is 0 Å². The number of amides is 1. The van der Waals surface area contributed by atoms with Crippen molar-refractivity contribution in [3.8, 4) is 11.5 Å². The summed E-state index contributed by atoms with van der Waals surface area (Å²) in [6, 6.07) is 4.84. The van der Waals surface area contributed by atoms with Gasteiger partial charge in [0.15, 0.2) is 11.5 Å². The van der Waals surface area contributed by atoms with Crippen molar-refractivity contribution in [2.24, 2.45) is 5.92 Å². The molecule has 0 heterocycles. The van der Waals surface area contributed by atoms with Crippen LogP contribution in [0, 0.1) is 5.92 Å². The first-order chi connectivity index (χ1) is 10.0. The maximum Gasteiger partial charge on any atom is 0.306 e. The first kappa shape index (κ1) is 15.2. The van der Waals surface area contributed by atoms with Gasteiger partial charge in [0.1, 0.15) is 0 Å². The van der Waals surface area contributed by atoms with Gasteiger partial charge in [0.05, 0.1) is 20.1 Å². The average Bonchev–Trinajstić information content (AvgIpc) is 2.95. The number of aliphatic carboxylic acids is 1. The highest BCUT2D eigenvalue weighted by molar-refractivity contribution is 5.95. The number of nitrogens with one attached hydrogen (secondary N) is 1. The molecular formula is C15H19NO5. The van der Waals surface area contributed by atoms with Gasteiger partial charge in [-0.15, -0.1) is 0 Å². The number of ether oxygens (including phenoxy) is 2. The molecule has 1 aromatic rings. The molecule has 0 aliphatic heterocycles. The number of hydrogen-bond donors (Lipinski definition) is 2. The zero-order valence-electron chi connectivity index (χ0n) is 12.1. The van der Waals surface area contributed by atoms with Crippen LogP contribution in [0.15, 0.2) is 18.2 Å². The van der Waals surface area contributed by atoms with Crippen LogP contribution in [-0.2, 0) is 4.79 Å². The zero-order chi connectivity index (χ0) is 15.4. The highest BCUT2D eigenvalue weighted by Crippen LogP contribution is 2.29. The molecule has 1 aliphatic carbocycles. The van der Waals surface area contributed by atoms with Crippen LogP contribution in [0.2, 0.25) is 0 Å². The Labute approximate surface area is 123 Å². The lowest BCUT2D eigenvalue weighted by atomic mass is 10.1. The van der Waals surface area contributed by atoms with Gasteiger partial charge in [-0.1, -0.05) is 0 Å². The quantitative estimate of drug-likeness (QED) is 0.863. The Balaban J connectivity index is 2.02. The first-order valence-corrected chi connectivity index (χ1v) is 6.80. The summed E-state index contributed by atoms with van der Waals surface area (Å²) >= 11 is 0. The minimum atomic E-state index is -0.794. The summed E-state index contributed by atoms with van der Waals surface area (Å²) in [7, 11) is 3.04. The minimum Gasteiger partial charge on any atom is -0.493 e. The lowest BCUT2D eigenvalue weighted by Gasteiger charge is -2.14. The van der Waals surface area contributed by atoms with Crippen molar-refractivity contribution in [3.63, 3.8) is 0 Å². The maximum atomic E-state index is 12.2. The van der Waals surface area contributed by atoms with E-state index in [0.29, 0.717) is 36.3 Å². The second-order valence-electron chi connectivity index (χ2n) is 5.09. The third kappa shape index (κ3) is 3.45. The van der Waals surface area contributed by atoms with Gasteiger partial charge < -0.3 is 19.9 Å². The predicted molar refractivity (Wildman–Crippen MR) is 75.8 cm³/mol. The molecule has 2 atom stereocenters. The summed E-state index contributed by atoms with van der Waals surface area (Å²) in [5, 5.41) is 11.8. The van der Waals surface area contributed by atoms with Crippen molar-refractivity contribution in [1.82, 2.24) is 5.32 Å². The van der Waals surface area contributed by atoms with Crippen LogP contribution in [0.5, 0.6) is 11.5 Å². The van der Waals surface area contributed by atoms with Gasteiger partial charge in [0, 0.05) is 11.6 Å². The summed E-state index contributed by atoms with van der Waals surface area (Å²) in [6.07, 6.45) is 1.77. The lowest BCUT2D eigenvalue weighted by molar-refractivity contribution is -0.141. The molecule has 1 fully saturated rings. The molecule has 6 nitrogen and oxygen atoms in total. The molecule has 2 N–H and O–H groups in total. The molecular weight excluding hydrogens is 274 g/mol. The topological polar surface area (TPSA) is 84.9 Å². The Morgan fingerprint density at radius 1 is 1.19 bits per heavy atom. The highest BCUT2D eigenvalue weighted by Gasteiger charge is 2.30. The normalized spacial score (nSPS) is 20.9. The second-order valence-corrected chi connectivity index (χ2v) is 5.09. The zero-order valence-corrected chi connectivity index (χ0v) is 12.1. The van der Waals surface area contributed by atoms with Gasteiger partial charge in [0.2, 0.25) is 0 Å². The van der Waals surface area contributed by atoms with Crippen molar-refractivity contribution in [2.75, 3.05) is 14.2 Å². The molecule has 1 aromatic carbocycles. The van der Waals surface area contributed by atoms with Crippen molar-refractivity contribution >= 4 is 11.9 Å². The van der Waals surface area contributed by atoms with Crippen LogP contribution in [-0.4, -0.2) is 37.2 Å². The molecule has 0 bridgehead atoms. The van der Waals surface area contributed by atoms with E-state index in [-0.39, 0.29) is 17.9 Å². The van der Waals surface area contributed by atoms with E-state index in [1.54, 1.807) is 18.2 Å². The van der Waals surface area contributed by atoms with Gasteiger partial charge in [-0.3, -0.25) is 9.59 Å². The van der Waals surface area contributed by atoms with Gasteiger partial charge in [0.25, 0.3) is 5.91 Å². The van der Waals surface area contributed by atoms with Crippen molar-refractivity contribution < 1.29 is 24.2 Å². The van der Waals surface area contributed by atoms with E-state index in [1.807, 2.05) is 0 Å². The van der Waals surface area contributed by atoms with E-state index in [4.69, 9.17) is 14.6 Å². The Morgan fingerprint density at radius 2 is 1.90 bits per heavy atom. The number of carbonyl (C=O) groups is 2. The Bertz CT molecular complexity index is 543. The molecule has 0 aromatic heterocycles. The summed E-state index contributed by atoms with van der Waals surface area (Å²) < 4.78 is 10.3. The molecule has 0 radical (unpaired) electrons. The molecule has 1 amide bonds. The molecule has 0 unspecified atom stereocenters. The Morgan fingerprint density at radius 3 is 2.48 bits per heavy atom. The highest BCUT2D eigenvalue weighted by atomic mass is 16.5. The molecule has 114 valence electrons. The summed E-state index contributed by atoms with van der Waals surface area (Å²) in [6.45, 7) is 0. The van der Waals surface area contributed by atoms with Gasteiger partial charge in [-0.25, -0.2) is 0 Å². The number of hydrogen-bond acceptors (Lipinski definition) is 4. The van der Waals surface area contributed by atoms with E-state index >= 15 is 0 Å². The Hall–Kier alpha value is -2.24. The van der Waals surface area contributed by atoms with Crippen LogP contribution in [0.25, 0.3) is 0 Å². The first-order valence-electron chi connectivity index (χ1n) is 6.80. The average molecular weight is 293 g/mol. The third-order valence-corrected chi connectivity index (χ3v) is 3.76. The van der Waals surface area contributed by atoms with Gasteiger partial charge in [-0.05, 0) is 37.5 Å². The predicted octanol–water partition coefficient (Wildman–Crippen LogP) is 1.69. The summed E-state index contributed by atoms with van der Waals surface area (Å²) in [4.78, 5) is 23.1. The fourth-order valence-electron chi connectivity index (χ4n) is 2.58. The third-order valence-electron chi connectivity index (χ3n) is 3.76.